The molecule has 156 valence electrons. The molecule has 0 saturated carbocycles. The molecule has 0 bridgehead atoms. The van der Waals surface area contributed by atoms with E-state index in [1.165, 1.54) is 0 Å². The van der Waals surface area contributed by atoms with Gasteiger partial charge in [0.15, 0.2) is 0 Å². The second kappa shape index (κ2) is 7.85. The molecule has 8 heteroatoms. The van der Waals surface area contributed by atoms with Crippen LogP contribution in [0, 0.1) is 0 Å². The van der Waals surface area contributed by atoms with E-state index in [2.05, 4.69) is 20.7 Å². The molecule has 1 aliphatic rings. The number of hydrogen-bond acceptors (Lipinski definition) is 5. The maximum Gasteiger partial charge on any atom is 0.229 e. The summed E-state index contributed by atoms with van der Waals surface area (Å²) in [5.41, 5.74) is 3.89. The predicted octanol–water partition coefficient (Wildman–Crippen LogP) is 4.99. The van der Waals surface area contributed by atoms with E-state index in [1.807, 2.05) is 42.5 Å². The number of hydrogen-bond donors (Lipinski definition) is 1. The minimum Gasteiger partial charge on any atom is -0.497 e. The van der Waals surface area contributed by atoms with Crippen LogP contribution < -0.4 is 18.9 Å². The number of halogens is 1. The van der Waals surface area contributed by atoms with Crippen LogP contribution >= 0.6 is 15.9 Å². The van der Waals surface area contributed by atoms with Gasteiger partial charge in [-0.3, -0.25) is 4.72 Å². The monoisotopic (exact) mass is 489 g/mol. The predicted molar refractivity (Wildman–Crippen MR) is 120 cm³/mol. The quantitative estimate of drug-likeness (QED) is 0.546. The molecule has 3 aromatic carbocycles. The van der Waals surface area contributed by atoms with Gasteiger partial charge in [-0.2, -0.15) is 0 Å². The average molecular weight is 490 g/mol. The minimum absolute atomic E-state index is 0.449. The molecule has 1 N–H and O–H groups in total. The van der Waals surface area contributed by atoms with Gasteiger partial charge in [-0.1, -0.05) is 18.2 Å². The number of sulfonamides is 1. The van der Waals surface area contributed by atoms with Crippen LogP contribution in [0.25, 0.3) is 11.1 Å². The van der Waals surface area contributed by atoms with Crippen LogP contribution in [0.3, 0.4) is 0 Å². The SMILES string of the molecule is COc1cccc(C2Oc3ccc(Br)c(OC)c3-c3ccc(NS(C)(=O)=O)cc32)c1. The highest BCUT2D eigenvalue weighted by atomic mass is 79.9. The molecule has 3 aromatic rings. The number of ether oxygens (including phenoxy) is 3. The van der Waals surface area contributed by atoms with Crippen molar-refractivity contribution in [2.75, 3.05) is 25.2 Å². The molecule has 4 rings (SSSR count). The molecule has 0 fully saturated rings. The zero-order valence-corrected chi connectivity index (χ0v) is 19.0. The van der Waals surface area contributed by atoms with Gasteiger partial charge < -0.3 is 14.2 Å². The molecular weight excluding hydrogens is 470 g/mol. The van der Waals surface area contributed by atoms with Gasteiger partial charge in [0.25, 0.3) is 0 Å². The van der Waals surface area contributed by atoms with Gasteiger partial charge in [0.2, 0.25) is 10.0 Å². The van der Waals surface area contributed by atoms with Gasteiger partial charge in [0, 0.05) is 16.8 Å². The standard InChI is InChI=1S/C22H20BrNO5S/c1-27-15-6-4-5-13(11-15)21-17-12-14(24-30(3,25)26)7-8-16(17)20-19(29-21)10-9-18(23)22(20)28-2/h4-12,21,24H,1-3H3. The Balaban J connectivity index is 1.95. The van der Waals surface area contributed by atoms with E-state index in [4.69, 9.17) is 14.2 Å². The van der Waals surface area contributed by atoms with Gasteiger partial charge in [0.1, 0.15) is 23.4 Å². The molecule has 1 unspecified atom stereocenters. The number of benzene rings is 3. The normalized spacial score (nSPS) is 14.9. The lowest BCUT2D eigenvalue weighted by atomic mass is 9.88. The number of rotatable bonds is 5. The summed E-state index contributed by atoms with van der Waals surface area (Å²) in [5, 5.41) is 0. The average Bonchev–Trinajstić information content (AvgIpc) is 2.72. The molecule has 0 spiro atoms. The molecule has 0 aliphatic carbocycles. The third-order valence-corrected chi connectivity index (χ3v) is 6.05. The highest BCUT2D eigenvalue weighted by Crippen LogP contribution is 2.51. The summed E-state index contributed by atoms with van der Waals surface area (Å²) < 4.78 is 44.3. The molecule has 30 heavy (non-hydrogen) atoms. The van der Waals surface area contributed by atoms with Crippen molar-refractivity contribution in [3.8, 4) is 28.4 Å². The highest BCUT2D eigenvalue weighted by Gasteiger charge is 2.31. The van der Waals surface area contributed by atoms with E-state index < -0.39 is 16.1 Å². The fraction of sp³-hybridized carbons (Fsp3) is 0.182. The molecule has 1 aliphatic heterocycles. The Morgan fingerprint density at radius 1 is 1.03 bits per heavy atom. The molecule has 1 heterocycles. The topological polar surface area (TPSA) is 73.9 Å². The van der Waals surface area contributed by atoms with Crippen molar-refractivity contribution >= 4 is 31.6 Å². The lowest BCUT2D eigenvalue weighted by Crippen LogP contribution is -2.17. The smallest absolute Gasteiger partial charge is 0.229 e. The van der Waals surface area contributed by atoms with E-state index in [-0.39, 0.29) is 0 Å². The van der Waals surface area contributed by atoms with Crippen molar-refractivity contribution in [2.24, 2.45) is 0 Å². The first-order valence-corrected chi connectivity index (χ1v) is 11.8. The Labute approximate surface area is 184 Å². The highest BCUT2D eigenvalue weighted by molar-refractivity contribution is 9.10. The van der Waals surface area contributed by atoms with Crippen molar-refractivity contribution in [3.05, 3.63) is 70.2 Å². The molecule has 0 aromatic heterocycles. The summed E-state index contributed by atoms with van der Waals surface area (Å²) in [7, 11) is -0.203. The maximum atomic E-state index is 11.8. The molecule has 1 atom stereocenters. The zero-order chi connectivity index (χ0) is 21.5. The Morgan fingerprint density at radius 3 is 2.53 bits per heavy atom. The third kappa shape index (κ3) is 3.85. The lowest BCUT2D eigenvalue weighted by Gasteiger charge is -2.31. The van der Waals surface area contributed by atoms with Crippen LogP contribution in [0.15, 0.2) is 59.1 Å². The summed E-state index contributed by atoms with van der Waals surface area (Å²) in [6.45, 7) is 0. The molecule has 0 amide bonds. The van der Waals surface area contributed by atoms with E-state index in [1.54, 1.807) is 26.4 Å². The second-order valence-corrected chi connectivity index (χ2v) is 9.51. The zero-order valence-electron chi connectivity index (χ0n) is 16.6. The summed E-state index contributed by atoms with van der Waals surface area (Å²) in [4.78, 5) is 0. The summed E-state index contributed by atoms with van der Waals surface area (Å²) in [6, 6.07) is 16.8. The molecular formula is C22H20BrNO5S. The van der Waals surface area contributed by atoms with Gasteiger partial charge >= 0.3 is 0 Å². The Kier molecular flexibility index (Phi) is 5.38. The van der Waals surface area contributed by atoms with Gasteiger partial charge in [-0.15, -0.1) is 0 Å². The van der Waals surface area contributed by atoms with Crippen LogP contribution in [0.1, 0.15) is 17.2 Å². The van der Waals surface area contributed by atoms with Gasteiger partial charge in [-0.05, 0) is 57.9 Å². The summed E-state index contributed by atoms with van der Waals surface area (Å²) in [5.74, 6) is 2.04. The van der Waals surface area contributed by atoms with Gasteiger partial charge in [0.05, 0.1) is 30.5 Å². The fourth-order valence-electron chi connectivity index (χ4n) is 3.62. The molecule has 0 radical (unpaired) electrons. The number of anilines is 1. The van der Waals surface area contributed by atoms with Crippen molar-refractivity contribution in [1.29, 1.82) is 0 Å². The fourth-order valence-corrected chi connectivity index (χ4v) is 4.67. The Bertz CT molecular complexity index is 1230. The Hall–Kier alpha value is -2.71. The van der Waals surface area contributed by atoms with Crippen LogP contribution in [0.2, 0.25) is 0 Å². The van der Waals surface area contributed by atoms with Crippen LogP contribution in [-0.4, -0.2) is 28.9 Å². The first-order chi connectivity index (χ1) is 14.3. The molecule has 6 nitrogen and oxygen atoms in total. The van der Waals surface area contributed by atoms with E-state index >= 15 is 0 Å². The largest absolute Gasteiger partial charge is 0.497 e. The second-order valence-electron chi connectivity index (χ2n) is 6.90. The number of nitrogens with one attached hydrogen (secondary N) is 1. The first-order valence-electron chi connectivity index (χ1n) is 9.10. The van der Waals surface area contributed by atoms with Crippen LogP contribution in [0.4, 0.5) is 5.69 Å². The van der Waals surface area contributed by atoms with Crippen LogP contribution in [0.5, 0.6) is 17.2 Å². The first kappa shape index (κ1) is 20.6. The van der Waals surface area contributed by atoms with Crippen molar-refractivity contribution in [3.63, 3.8) is 0 Å². The maximum absolute atomic E-state index is 11.8. The van der Waals surface area contributed by atoms with Crippen molar-refractivity contribution in [2.45, 2.75) is 6.10 Å². The number of fused-ring (bicyclic) bond motifs is 3. The summed E-state index contributed by atoms with van der Waals surface area (Å²) in [6.07, 6.45) is 0.674. The van der Waals surface area contributed by atoms with E-state index in [9.17, 15) is 8.42 Å². The molecule has 0 saturated heterocycles. The summed E-state index contributed by atoms with van der Waals surface area (Å²) >= 11 is 3.53. The third-order valence-electron chi connectivity index (χ3n) is 4.82. The van der Waals surface area contributed by atoms with Crippen molar-refractivity contribution < 1.29 is 22.6 Å². The number of methoxy groups -OCH3 is 2. The minimum atomic E-state index is -3.42. The van der Waals surface area contributed by atoms with Crippen molar-refractivity contribution in [1.82, 2.24) is 0 Å². The van der Waals surface area contributed by atoms with Gasteiger partial charge in [-0.25, -0.2) is 8.42 Å². The van der Waals surface area contributed by atoms with E-state index in [0.717, 1.165) is 33.0 Å². The Morgan fingerprint density at radius 2 is 1.83 bits per heavy atom. The lowest BCUT2D eigenvalue weighted by molar-refractivity contribution is 0.241. The van der Waals surface area contributed by atoms with E-state index in [0.29, 0.717) is 22.9 Å². The van der Waals surface area contributed by atoms with Crippen LogP contribution in [-0.2, 0) is 10.0 Å².